The van der Waals surface area contributed by atoms with E-state index in [1.54, 1.807) is 47.0 Å². The zero-order valence-corrected chi connectivity index (χ0v) is 35.6. The molecule has 65 heavy (non-hydrogen) atoms. The van der Waals surface area contributed by atoms with E-state index < -0.39 is 25.3 Å². The number of benzene rings is 8. The molecule has 2 aromatic heterocycles. The van der Waals surface area contributed by atoms with E-state index in [-0.39, 0.29) is 40.3 Å². The molecular formula is C59H46N4O2. The van der Waals surface area contributed by atoms with E-state index in [2.05, 4.69) is 34.1 Å². The normalized spacial score (nSPS) is 15.3. The van der Waals surface area contributed by atoms with Crippen LogP contribution in [0.3, 0.4) is 0 Å². The van der Waals surface area contributed by atoms with Crippen molar-refractivity contribution in [2.45, 2.75) is 27.1 Å². The van der Waals surface area contributed by atoms with Crippen LogP contribution in [0.5, 0.6) is 23.0 Å². The van der Waals surface area contributed by atoms with Crippen molar-refractivity contribution >= 4 is 44.6 Å². The van der Waals surface area contributed by atoms with Crippen LogP contribution >= 0.6 is 0 Å². The summed E-state index contributed by atoms with van der Waals surface area (Å²) < 4.78 is 95.5. The molecule has 8 aromatic carbocycles. The van der Waals surface area contributed by atoms with Gasteiger partial charge >= 0.3 is 0 Å². The number of fused-ring (bicyclic) bond motifs is 5. The summed E-state index contributed by atoms with van der Waals surface area (Å²) in [6.45, 7) is 1.55. The van der Waals surface area contributed by atoms with Gasteiger partial charge in [-0.25, -0.2) is 4.98 Å². The Balaban J connectivity index is 1.11. The lowest BCUT2D eigenvalue weighted by Gasteiger charge is -2.28. The fourth-order valence-corrected chi connectivity index (χ4v) is 9.24. The van der Waals surface area contributed by atoms with Crippen molar-refractivity contribution in [3.63, 3.8) is 0 Å². The lowest BCUT2D eigenvalue weighted by atomic mass is 9.90. The van der Waals surface area contributed by atoms with Crippen molar-refractivity contribution in [2.75, 3.05) is 16.5 Å². The molecule has 0 atom stereocenters. The molecule has 0 radical (unpaired) electrons. The van der Waals surface area contributed by atoms with Crippen LogP contribution in [0.2, 0.25) is 0 Å². The number of nitrogens with zero attached hydrogens (tertiary/aromatic N) is 4. The summed E-state index contributed by atoms with van der Waals surface area (Å²) in [5.74, 6) is 1.75. The van der Waals surface area contributed by atoms with Gasteiger partial charge in [0, 0.05) is 58.3 Å². The third kappa shape index (κ3) is 6.86. The van der Waals surface area contributed by atoms with E-state index in [0.29, 0.717) is 57.3 Å². The summed E-state index contributed by atoms with van der Waals surface area (Å²) in [5.41, 5.74) is 9.04. The molecule has 10 aromatic rings. The maximum Gasteiger partial charge on any atom is 0.137 e. The van der Waals surface area contributed by atoms with Crippen LogP contribution < -0.4 is 19.3 Å². The molecule has 12 bridgehead atoms. The van der Waals surface area contributed by atoms with Crippen LogP contribution in [-0.2, 0) is 6.37 Å². The molecule has 14 rings (SSSR count). The van der Waals surface area contributed by atoms with E-state index in [0.717, 1.165) is 45.0 Å². The first-order valence-electron chi connectivity index (χ1n) is 26.2. The van der Waals surface area contributed by atoms with E-state index in [1.807, 2.05) is 105 Å². The largest absolute Gasteiger partial charge is 0.457 e. The topological polar surface area (TPSA) is 42.8 Å². The first-order chi connectivity index (χ1) is 35.5. The van der Waals surface area contributed by atoms with Gasteiger partial charge in [0.2, 0.25) is 0 Å². The van der Waals surface area contributed by atoms with Gasteiger partial charge < -0.3 is 19.3 Å². The Morgan fingerprint density at radius 3 is 2.09 bits per heavy atom. The summed E-state index contributed by atoms with van der Waals surface area (Å²) in [7, 11) is 0. The molecule has 6 nitrogen and oxygen atoms in total. The van der Waals surface area contributed by atoms with Crippen LogP contribution in [0.15, 0.2) is 194 Å². The molecule has 4 aliphatic rings. The summed E-state index contributed by atoms with van der Waals surface area (Å²) >= 11 is 0. The number of rotatable bonds is 3. The Kier molecular flexibility index (Phi) is 7.22. The SMILES string of the molecule is [2H]c1c([2H])c([2H])c2c(c1[2H])c1ccc3cc1n2-c1cc(C([2H])([2H])[2H])c(cn1)-c1ccc(cc1)Oc1cccc(c1)-c1cc(C([2H])([2H])C(C)C)cc(-c2ccccc2)c1N1CN(c2cccc(c2)O3)c2ccccc21. The lowest BCUT2D eigenvalue weighted by molar-refractivity contribution is 0.483. The zero-order valence-electron chi connectivity index (χ0n) is 44.6. The Morgan fingerprint density at radius 2 is 1.28 bits per heavy atom. The summed E-state index contributed by atoms with van der Waals surface area (Å²) in [6.07, 6.45) is -0.203. The highest BCUT2D eigenvalue weighted by Gasteiger charge is 2.32. The molecule has 0 N–H and O–H groups in total. The van der Waals surface area contributed by atoms with Crippen molar-refractivity contribution in [1.29, 1.82) is 0 Å². The molecule has 0 aliphatic carbocycles. The average Bonchev–Trinajstić information content (AvgIpc) is 3.97. The monoisotopic (exact) mass is 851 g/mol. The van der Waals surface area contributed by atoms with Gasteiger partial charge in [0.1, 0.15) is 35.5 Å². The Hall–Kier alpha value is -8.09. The van der Waals surface area contributed by atoms with E-state index >= 15 is 0 Å². The van der Waals surface area contributed by atoms with Gasteiger partial charge in [-0.05, 0) is 132 Å². The second-order valence-electron chi connectivity index (χ2n) is 16.7. The van der Waals surface area contributed by atoms with Crippen LogP contribution in [0.4, 0.5) is 22.7 Å². The van der Waals surface area contributed by atoms with Crippen molar-refractivity contribution in [1.82, 2.24) is 9.55 Å². The lowest BCUT2D eigenvalue weighted by Crippen LogP contribution is -2.25. The number of pyridine rings is 1. The quantitative estimate of drug-likeness (QED) is 0.177. The highest BCUT2D eigenvalue weighted by Crippen LogP contribution is 2.51. The molecule has 0 saturated heterocycles. The average molecular weight is 852 g/mol. The summed E-state index contributed by atoms with van der Waals surface area (Å²) in [4.78, 5) is 9.33. The molecule has 4 aliphatic heterocycles. The van der Waals surface area contributed by atoms with E-state index in [4.69, 9.17) is 24.1 Å². The Morgan fingerprint density at radius 1 is 0.600 bits per heavy atom. The van der Waals surface area contributed by atoms with Gasteiger partial charge in [-0.3, -0.25) is 4.57 Å². The fraction of sp³-hybridized carbons (Fsp3) is 0.102. The Labute approximate surface area is 391 Å². The number of aromatic nitrogens is 2. The fourth-order valence-electron chi connectivity index (χ4n) is 9.24. The van der Waals surface area contributed by atoms with Crippen molar-refractivity contribution < 1.29 is 21.8 Å². The standard InChI is InChI=1S/C59H46N4O2/c1-38(2)29-40-31-51(41-13-5-4-6-14-41)59-52(32-40)43-15-11-17-46(33-43)64-45-25-23-42(24-26-45)53-36-60-58(30-39(53)3)63-54-20-8-7-19-49(54)50-28-27-48(35-57(50)63)65-47-18-12-16-44(34-47)61-37-62(59)56-22-10-9-21-55(56)61/h4-28,30-36,38H,29,37H2,1-3H3/i3D3,7D,8D,19D,20D,29D2. The predicted octanol–water partition coefficient (Wildman–Crippen LogP) is 15.8. The number of aryl methyl sites for hydroxylation is 1. The number of anilines is 4. The van der Waals surface area contributed by atoms with E-state index in [9.17, 15) is 2.74 Å². The maximum absolute atomic E-state index is 9.44. The van der Waals surface area contributed by atoms with Crippen molar-refractivity contribution in [2.24, 2.45) is 5.92 Å². The third-order valence-corrected chi connectivity index (χ3v) is 12.1. The summed E-state index contributed by atoms with van der Waals surface area (Å²) in [5, 5.41) is 0.767. The van der Waals surface area contributed by atoms with Gasteiger partial charge in [0.25, 0.3) is 0 Å². The molecule has 0 fully saturated rings. The number of para-hydroxylation sites is 3. The predicted molar refractivity (Wildman–Crippen MR) is 267 cm³/mol. The minimum absolute atomic E-state index is 0.00851. The number of ether oxygens (including phenoxy) is 2. The Bertz CT molecular complexity index is 3890. The molecule has 314 valence electrons. The van der Waals surface area contributed by atoms with Crippen LogP contribution in [0, 0.1) is 12.8 Å². The second kappa shape index (κ2) is 15.6. The first kappa shape index (κ1) is 30.1. The second-order valence-corrected chi connectivity index (χ2v) is 16.7. The highest BCUT2D eigenvalue weighted by molar-refractivity contribution is 6.09. The van der Waals surface area contributed by atoms with Gasteiger partial charge in [-0.15, -0.1) is 0 Å². The van der Waals surface area contributed by atoms with Gasteiger partial charge in [0.05, 0.1) is 33.6 Å². The maximum atomic E-state index is 9.44. The van der Waals surface area contributed by atoms with Crippen LogP contribution in [0.25, 0.3) is 61.0 Å². The van der Waals surface area contributed by atoms with Gasteiger partial charge in [-0.2, -0.15) is 0 Å². The zero-order chi connectivity index (χ0) is 51.4. The number of hydrogen-bond acceptors (Lipinski definition) is 5. The molecule has 0 unspecified atom stereocenters. The number of hydrogen-bond donors (Lipinski definition) is 0. The van der Waals surface area contributed by atoms with Gasteiger partial charge in [0.15, 0.2) is 0 Å². The molecule has 0 saturated carbocycles. The minimum atomic E-state index is -2.62. The van der Waals surface area contributed by atoms with Crippen molar-refractivity contribution in [3.8, 4) is 62.2 Å². The van der Waals surface area contributed by atoms with Crippen LogP contribution in [-0.4, -0.2) is 16.2 Å². The van der Waals surface area contributed by atoms with Crippen molar-refractivity contribution in [3.05, 3.63) is 205 Å². The molecule has 0 amide bonds. The molecule has 6 heterocycles. The summed E-state index contributed by atoms with van der Waals surface area (Å²) in [6, 6.07) is 50.3. The van der Waals surface area contributed by atoms with Gasteiger partial charge in [-0.1, -0.05) is 105 Å². The smallest absolute Gasteiger partial charge is 0.137 e. The first-order valence-corrected chi connectivity index (χ1v) is 21.7. The third-order valence-electron chi connectivity index (χ3n) is 12.1. The van der Waals surface area contributed by atoms with E-state index in [1.165, 1.54) is 12.3 Å². The minimum Gasteiger partial charge on any atom is -0.457 e. The molecule has 0 spiro atoms. The van der Waals surface area contributed by atoms with Crippen LogP contribution in [0.1, 0.15) is 37.3 Å². The molecular weight excluding hydrogens is 797 g/mol. The molecule has 6 heteroatoms. The highest BCUT2D eigenvalue weighted by atomic mass is 16.5.